The van der Waals surface area contributed by atoms with E-state index < -0.39 is 15.6 Å². The van der Waals surface area contributed by atoms with Crippen molar-refractivity contribution >= 4 is 27.1 Å². The van der Waals surface area contributed by atoms with E-state index in [1.54, 1.807) is 0 Å². The lowest BCUT2D eigenvalue weighted by Crippen LogP contribution is -2.14. The van der Waals surface area contributed by atoms with Gasteiger partial charge in [0, 0.05) is 12.2 Å². The van der Waals surface area contributed by atoms with E-state index in [0.29, 0.717) is 12.2 Å². The molecule has 1 atom stereocenters. The highest BCUT2D eigenvalue weighted by atomic mass is 35.5. The highest BCUT2D eigenvalue weighted by molar-refractivity contribution is 7.91. The van der Waals surface area contributed by atoms with Gasteiger partial charge in [-0.3, -0.25) is 0 Å². The maximum atomic E-state index is 12.3. The number of anilines is 1. The summed E-state index contributed by atoms with van der Waals surface area (Å²) in [4.78, 5) is -0.385. The first-order chi connectivity index (χ1) is 8.87. The Bertz CT molecular complexity index is 491. The molecule has 0 aliphatic carbocycles. The predicted molar refractivity (Wildman–Crippen MR) is 72.7 cm³/mol. The Hall–Kier alpha value is -0.880. The zero-order valence-corrected chi connectivity index (χ0v) is 12.0. The van der Waals surface area contributed by atoms with Crippen LogP contribution in [0.4, 0.5) is 14.5 Å². The molecule has 108 valence electrons. The monoisotopic (exact) mass is 311 g/mol. The van der Waals surface area contributed by atoms with E-state index in [9.17, 15) is 17.2 Å². The highest BCUT2D eigenvalue weighted by Crippen LogP contribution is 2.20. The van der Waals surface area contributed by atoms with Gasteiger partial charge in [-0.05, 0) is 30.7 Å². The van der Waals surface area contributed by atoms with Crippen LogP contribution in [-0.2, 0) is 9.84 Å². The maximum absolute atomic E-state index is 12.3. The number of halogens is 3. The average molecular weight is 312 g/mol. The van der Waals surface area contributed by atoms with Crippen LogP contribution in [0.2, 0.25) is 0 Å². The third kappa shape index (κ3) is 4.62. The van der Waals surface area contributed by atoms with E-state index in [0.717, 1.165) is 25.0 Å². The molecule has 0 saturated carbocycles. The van der Waals surface area contributed by atoms with E-state index in [1.807, 2.05) is 6.92 Å². The van der Waals surface area contributed by atoms with E-state index in [1.165, 1.54) is 12.1 Å². The van der Waals surface area contributed by atoms with Gasteiger partial charge in [-0.1, -0.05) is 13.3 Å². The Kier molecular flexibility index (Phi) is 6.00. The molecule has 0 amide bonds. The average Bonchev–Trinajstić information content (AvgIpc) is 2.37. The fourth-order valence-electron chi connectivity index (χ4n) is 1.51. The summed E-state index contributed by atoms with van der Waals surface area (Å²) in [7, 11) is -4.52. The SMILES string of the molecule is CCCC(Cl)CNc1ccc(S(=O)(=O)C(F)F)cc1. The van der Waals surface area contributed by atoms with Gasteiger partial charge in [0.15, 0.2) is 0 Å². The first-order valence-electron chi connectivity index (χ1n) is 5.88. The third-order valence-corrected chi connectivity index (χ3v) is 4.32. The minimum Gasteiger partial charge on any atom is -0.384 e. The molecule has 0 radical (unpaired) electrons. The van der Waals surface area contributed by atoms with E-state index in [4.69, 9.17) is 11.6 Å². The molecule has 1 aromatic rings. The molecule has 1 unspecified atom stereocenters. The molecule has 19 heavy (non-hydrogen) atoms. The van der Waals surface area contributed by atoms with Gasteiger partial charge in [0.2, 0.25) is 9.84 Å². The summed E-state index contributed by atoms with van der Waals surface area (Å²) in [5, 5.41) is 3.00. The fourth-order valence-corrected chi connectivity index (χ4v) is 2.53. The zero-order chi connectivity index (χ0) is 14.5. The molecule has 1 N–H and O–H groups in total. The highest BCUT2D eigenvalue weighted by Gasteiger charge is 2.26. The molecule has 0 aliphatic rings. The fraction of sp³-hybridized carbons (Fsp3) is 0.500. The molecule has 7 heteroatoms. The minimum absolute atomic E-state index is 0.0190. The van der Waals surface area contributed by atoms with Gasteiger partial charge in [0.05, 0.1) is 10.3 Å². The normalized spacial score (nSPS) is 13.5. The van der Waals surface area contributed by atoms with Crippen LogP contribution < -0.4 is 5.32 Å². The van der Waals surface area contributed by atoms with Crippen LogP contribution in [0.1, 0.15) is 19.8 Å². The smallest absolute Gasteiger partial charge is 0.341 e. The van der Waals surface area contributed by atoms with Crippen LogP contribution in [0.5, 0.6) is 0 Å². The van der Waals surface area contributed by atoms with Crippen LogP contribution in [0.25, 0.3) is 0 Å². The second kappa shape index (κ2) is 7.05. The summed E-state index contributed by atoms with van der Waals surface area (Å²) in [6.07, 6.45) is 1.84. The van der Waals surface area contributed by atoms with Crippen molar-refractivity contribution in [2.75, 3.05) is 11.9 Å². The lowest BCUT2D eigenvalue weighted by atomic mass is 10.2. The first kappa shape index (κ1) is 16.2. The second-order valence-corrected chi connectivity index (χ2v) is 6.63. The Morgan fingerprint density at radius 1 is 1.26 bits per heavy atom. The Morgan fingerprint density at radius 3 is 2.32 bits per heavy atom. The van der Waals surface area contributed by atoms with Gasteiger partial charge in [0.25, 0.3) is 0 Å². The molecule has 0 fully saturated rings. The summed E-state index contributed by atoms with van der Waals surface area (Å²) in [6.45, 7) is 2.57. The molecule has 1 aromatic carbocycles. The number of hydrogen-bond acceptors (Lipinski definition) is 3. The largest absolute Gasteiger partial charge is 0.384 e. The zero-order valence-electron chi connectivity index (χ0n) is 10.4. The van der Waals surface area contributed by atoms with Crippen LogP contribution in [0.15, 0.2) is 29.2 Å². The topological polar surface area (TPSA) is 46.2 Å². The van der Waals surface area contributed by atoms with E-state index in [2.05, 4.69) is 5.32 Å². The Labute approximate surface area is 116 Å². The minimum atomic E-state index is -4.52. The van der Waals surface area contributed by atoms with Gasteiger partial charge in [-0.2, -0.15) is 8.78 Å². The molecular weight excluding hydrogens is 296 g/mol. The molecule has 0 aromatic heterocycles. The molecule has 0 bridgehead atoms. The Balaban J connectivity index is 2.67. The number of benzene rings is 1. The second-order valence-electron chi connectivity index (χ2n) is 4.10. The number of alkyl halides is 3. The van der Waals surface area contributed by atoms with Crippen LogP contribution in [-0.4, -0.2) is 26.1 Å². The van der Waals surface area contributed by atoms with Gasteiger partial charge in [-0.25, -0.2) is 8.42 Å². The van der Waals surface area contributed by atoms with Crippen molar-refractivity contribution in [1.82, 2.24) is 0 Å². The van der Waals surface area contributed by atoms with Crippen LogP contribution >= 0.6 is 11.6 Å². The number of nitrogens with one attached hydrogen (secondary N) is 1. The van der Waals surface area contributed by atoms with Crippen LogP contribution in [0.3, 0.4) is 0 Å². The lowest BCUT2D eigenvalue weighted by molar-refractivity contribution is 0.234. The maximum Gasteiger partial charge on any atom is 0.341 e. The van der Waals surface area contributed by atoms with Crippen molar-refractivity contribution in [2.24, 2.45) is 0 Å². The van der Waals surface area contributed by atoms with Crippen molar-refractivity contribution in [2.45, 2.75) is 35.8 Å². The van der Waals surface area contributed by atoms with Crippen LogP contribution in [0, 0.1) is 0 Å². The summed E-state index contributed by atoms with van der Waals surface area (Å²) >= 11 is 6.02. The van der Waals surface area contributed by atoms with Crippen molar-refractivity contribution in [3.63, 3.8) is 0 Å². The van der Waals surface area contributed by atoms with Crippen molar-refractivity contribution in [3.8, 4) is 0 Å². The van der Waals surface area contributed by atoms with Gasteiger partial charge in [-0.15, -0.1) is 11.6 Å². The number of rotatable bonds is 7. The molecule has 0 spiro atoms. The van der Waals surface area contributed by atoms with Gasteiger partial charge in [0.1, 0.15) is 0 Å². The summed E-state index contributed by atoms with van der Waals surface area (Å²) in [5.41, 5.74) is 0.648. The van der Waals surface area contributed by atoms with E-state index in [-0.39, 0.29) is 10.3 Å². The molecule has 0 saturated heterocycles. The quantitative estimate of drug-likeness (QED) is 0.784. The molecule has 3 nitrogen and oxygen atoms in total. The van der Waals surface area contributed by atoms with Gasteiger partial charge >= 0.3 is 5.76 Å². The van der Waals surface area contributed by atoms with Gasteiger partial charge < -0.3 is 5.32 Å². The third-order valence-electron chi connectivity index (χ3n) is 2.55. The first-order valence-corrected chi connectivity index (χ1v) is 7.86. The number of hydrogen-bond donors (Lipinski definition) is 1. The molecule has 0 aliphatic heterocycles. The van der Waals surface area contributed by atoms with Crippen molar-refractivity contribution < 1.29 is 17.2 Å². The predicted octanol–water partition coefficient (Wildman–Crippen LogP) is 3.50. The summed E-state index contributed by atoms with van der Waals surface area (Å²) in [6, 6.07) is 5.22. The standard InChI is InChI=1S/C12H16ClF2NO2S/c1-2-3-9(13)8-16-10-4-6-11(7-5-10)19(17,18)12(14)15/h4-7,9,12,16H,2-3,8H2,1H3. The number of sulfone groups is 1. The summed E-state index contributed by atoms with van der Waals surface area (Å²) in [5.74, 6) is -3.40. The van der Waals surface area contributed by atoms with Crippen molar-refractivity contribution in [1.29, 1.82) is 0 Å². The molecule has 0 heterocycles. The molecule has 1 rings (SSSR count). The Morgan fingerprint density at radius 2 is 1.84 bits per heavy atom. The van der Waals surface area contributed by atoms with Crippen molar-refractivity contribution in [3.05, 3.63) is 24.3 Å². The van der Waals surface area contributed by atoms with E-state index >= 15 is 0 Å². The summed E-state index contributed by atoms with van der Waals surface area (Å²) < 4.78 is 47.0. The lowest BCUT2D eigenvalue weighted by Gasteiger charge is -2.11. The molecular formula is C12H16ClF2NO2S.